The molecule has 1 unspecified atom stereocenters. The van der Waals surface area contributed by atoms with Crippen LogP contribution in [0, 0.1) is 13.8 Å². The lowest BCUT2D eigenvalue weighted by Gasteiger charge is -2.20. The van der Waals surface area contributed by atoms with Gasteiger partial charge in [-0.2, -0.15) is 0 Å². The van der Waals surface area contributed by atoms with Crippen LogP contribution >= 0.6 is 11.6 Å². The Morgan fingerprint density at radius 2 is 1.84 bits per heavy atom. The van der Waals surface area contributed by atoms with Crippen molar-refractivity contribution in [1.82, 2.24) is 0 Å². The van der Waals surface area contributed by atoms with Gasteiger partial charge in [0.1, 0.15) is 5.75 Å². The molecule has 1 atom stereocenters. The molecule has 0 bridgehead atoms. The summed E-state index contributed by atoms with van der Waals surface area (Å²) in [6, 6.07) is 11.5. The molecule has 0 saturated heterocycles. The van der Waals surface area contributed by atoms with Crippen LogP contribution in [0.15, 0.2) is 36.4 Å². The van der Waals surface area contributed by atoms with Crippen LogP contribution in [-0.4, -0.2) is 7.11 Å². The monoisotopic (exact) mass is 275 g/mol. The number of ether oxygens (including phenoxy) is 1. The van der Waals surface area contributed by atoms with Crippen LogP contribution in [0.1, 0.15) is 28.3 Å². The first-order valence-corrected chi connectivity index (χ1v) is 6.57. The first-order chi connectivity index (χ1) is 9.04. The topological polar surface area (TPSA) is 35.2 Å². The maximum Gasteiger partial charge on any atom is 0.124 e. The highest BCUT2D eigenvalue weighted by atomic mass is 35.5. The highest BCUT2D eigenvalue weighted by molar-refractivity contribution is 6.31. The molecule has 2 nitrogen and oxygen atoms in total. The zero-order valence-electron chi connectivity index (χ0n) is 11.4. The maximum absolute atomic E-state index is 6.38. The lowest BCUT2D eigenvalue weighted by molar-refractivity contribution is 0.407. The third-order valence-electron chi connectivity index (χ3n) is 3.26. The molecule has 2 rings (SSSR count). The quantitative estimate of drug-likeness (QED) is 0.918. The molecule has 2 N–H and O–H groups in total. The molecule has 0 radical (unpaired) electrons. The van der Waals surface area contributed by atoms with Gasteiger partial charge in [-0.15, -0.1) is 0 Å². The van der Waals surface area contributed by atoms with Gasteiger partial charge in [-0.3, -0.25) is 0 Å². The number of nitrogens with two attached hydrogens (primary N) is 1. The highest BCUT2D eigenvalue weighted by Crippen LogP contribution is 2.34. The number of methoxy groups -OCH3 is 1. The van der Waals surface area contributed by atoms with Gasteiger partial charge < -0.3 is 10.5 Å². The van der Waals surface area contributed by atoms with Crippen LogP contribution in [0.4, 0.5) is 0 Å². The first-order valence-electron chi connectivity index (χ1n) is 6.19. The van der Waals surface area contributed by atoms with Crippen molar-refractivity contribution in [3.63, 3.8) is 0 Å². The van der Waals surface area contributed by atoms with Crippen molar-refractivity contribution in [2.45, 2.75) is 19.9 Å². The fourth-order valence-electron chi connectivity index (χ4n) is 2.39. The van der Waals surface area contributed by atoms with Crippen molar-refractivity contribution in [3.8, 4) is 5.75 Å². The van der Waals surface area contributed by atoms with Crippen molar-refractivity contribution in [2.24, 2.45) is 5.73 Å². The third kappa shape index (κ3) is 2.75. The Morgan fingerprint density at radius 3 is 2.47 bits per heavy atom. The average Bonchev–Trinajstić information content (AvgIpc) is 2.37. The molecule has 19 heavy (non-hydrogen) atoms. The summed E-state index contributed by atoms with van der Waals surface area (Å²) in [5.41, 5.74) is 10.6. The number of aryl methyl sites for hydroxylation is 2. The molecule has 3 heteroatoms. The van der Waals surface area contributed by atoms with Crippen LogP contribution in [0.2, 0.25) is 5.02 Å². The smallest absolute Gasteiger partial charge is 0.124 e. The molecule has 0 aliphatic carbocycles. The van der Waals surface area contributed by atoms with Crippen molar-refractivity contribution in [3.05, 3.63) is 63.7 Å². The second-order valence-electron chi connectivity index (χ2n) is 4.70. The molecular formula is C16H18ClNO. The minimum Gasteiger partial charge on any atom is -0.496 e. The van der Waals surface area contributed by atoms with Gasteiger partial charge in [-0.05, 0) is 42.7 Å². The number of hydrogen-bond acceptors (Lipinski definition) is 2. The van der Waals surface area contributed by atoms with E-state index in [1.807, 2.05) is 44.2 Å². The Morgan fingerprint density at radius 1 is 1.16 bits per heavy atom. The molecule has 0 aliphatic heterocycles. The largest absolute Gasteiger partial charge is 0.496 e. The lowest BCUT2D eigenvalue weighted by atomic mass is 9.93. The molecule has 0 heterocycles. The molecule has 0 amide bonds. The minimum atomic E-state index is -0.288. The summed E-state index contributed by atoms with van der Waals surface area (Å²) in [4.78, 5) is 0. The van der Waals surface area contributed by atoms with Gasteiger partial charge >= 0.3 is 0 Å². The van der Waals surface area contributed by atoms with Gasteiger partial charge in [0.05, 0.1) is 13.2 Å². The zero-order chi connectivity index (χ0) is 14.0. The lowest BCUT2D eigenvalue weighted by Crippen LogP contribution is -2.15. The van der Waals surface area contributed by atoms with Gasteiger partial charge in [-0.25, -0.2) is 0 Å². The summed E-state index contributed by atoms with van der Waals surface area (Å²) >= 11 is 6.23. The van der Waals surface area contributed by atoms with E-state index in [0.717, 1.165) is 28.0 Å². The van der Waals surface area contributed by atoms with Gasteiger partial charge in [0.25, 0.3) is 0 Å². The van der Waals surface area contributed by atoms with Crippen molar-refractivity contribution in [2.75, 3.05) is 7.11 Å². The van der Waals surface area contributed by atoms with Gasteiger partial charge in [-0.1, -0.05) is 35.9 Å². The molecule has 0 aliphatic rings. The molecule has 0 saturated carbocycles. The van der Waals surface area contributed by atoms with E-state index in [1.54, 1.807) is 7.11 Å². The number of rotatable bonds is 3. The number of benzene rings is 2. The van der Waals surface area contributed by atoms with E-state index < -0.39 is 0 Å². The van der Waals surface area contributed by atoms with Gasteiger partial charge in [0, 0.05) is 10.6 Å². The van der Waals surface area contributed by atoms with Crippen LogP contribution in [0.5, 0.6) is 5.75 Å². The van der Waals surface area contributed by atoms with E-state index >= 15 is 0 Å². The molecule has 100 valence electrons. The molecule has 0 spiro atoms. The van der Waals surface area contributed by atoms with E-state index in [1.165, 1.54) is 0 Å². The number of halogens is 1. The van der Waals surface area contributed by atoms with Crippen LogP contribution < -0.4 is 10.5 Å². The van der Waals surface area contributed by atoms with E-state index in [2.05, 4.69) is 6.07 Å². The predicted molar refractivity (Wildman–Crippen MR) is 80.0 cm³/mol. The second-order valence-corrected chi connectivity index (χ2v) is 5.10. The summed E-state index contributed by atoms with van der Waals surface area (Å²) in [6.45, 7) is 4.09. The van der Waals surface area contributed by atoms with Gasteiger partial charge in [0.2, 0.25) is 0 Å². The van der Waals surface area contributed by atoms with Crippen LogP contribution in [0.3, 0.4) is 0 Å². The third-order valence-corrected chi connectivity index (χ3v) is 3.61. The Hall–Kier alpha value is -1.51. The second kappa shape index (κ2) is 5.64. The van der Waals surface area contributed by atoms with E-state index in [4.69, 9.17) is 22.1 Å². The van der Waals surface area contributed by atoms with E-state index in [-0.39, 0.29) is 6.04 Å². The molecule has 2 aromatic carbocycles. The fourth-order valence-corrected chi connectivity index (χ4v) is 2.64. The molecule has 0 aromatic heterocycles. The average molecular weight is 276 g/mol. The van der Waals surface area contributed by atoms with Gasteiger partial charge in [0.15, 0.2) is 0 Å². The van der Waals surface area contributed by atoms with Crippen molar-refractivity contribution >= 4 is 11.6 Å². The maximum atomic E-state index is 6.38. The fraction of sp³-hybridized carbons (Fsp3) is 0.250. The first kappa shape index (κ1) is 13.9. The molecule has 2 aromatic rings. The van der Waals surface area contributed by atoms with Crippen LogP contribution in [0.25, 0.3) is 0 Å². The summed E-state index contributed by atoms with van der Waals surface area (Å²) in [5, 5.41) is 0.678. The van der Waals surface area contributed by atoms with Crippen molar-refractivity contribution < 1.29 is 4.74 Å². The van der Waals surface area contributed by atoms with Crippen molar-refractivity contribution in [1.29, 1.82) is 0 Å². The van der Waals surface area contributed by atoms with E-state index in [0.29, 0.717) is 5.02 Å². The summed E-state index contributed by atoms with van der Waals surface area (Å²) in [5.74, 6) is 0.810. The Kier molecular flexibility index (Phi) is 4.13. The molecular weight excluding hydrogens is 258 g/mol. The van der Waals surface area contributed by atoms with E-state index in [9.17, 15) is 0 Å². The Balaban J connectivity index is 2.56. The Bertz CT molecular complexity index is 595. The Labute approximate surface area is 119 Å². The summed E-state index contributed by atoms with van der Waals surface area (Å²) in [7, 11) is 1.66. The standard InChI is InChI=1S/C16H18ClNO/c1-10-8-11(2)15(14(9-10)19-3)16(18)12-6-4-5-7-13(12)17/h4-9,16H,18H2,1-3H3. The summed E-state index contributed by atoms with van der Waals surface area (Å²) < 4.78 is 5.47. The van der Waals surface area contributed by atoms with Crippen LogP contribution in [-0.2, 0) is 0 Å². The summed E-state index contributed by atoms with van der Waals surface area (Å²) in [6.07, 6.45) is 0. The zero-order valence-corrected chi connectivity index (χ0v) is 12.2. The molecule has 0 fully saturated rings. The minimum absolute atomic E-state index is 0.288. The highest BCUT2D eigenvalue weighted by Gasteiger charge is 2.19. The number of hydrogen-bond donors (Lipinski definition) is 1. The normalized spacial score (nSPS) is 12.3. The predicted octanol–water partition coefficient (Wildman–Crippen LogP) is 4.01. The SMILES string of the molecule is COc1cc(C)cc(C)c1C(N)c1ccccc1Cl.